The monoisotopic (exact) mass is 286 g/mol. The highest BCUT2D eigenvalue weighted by atomic mass is 19.1. The van der Waals surface area contributed by atoms with Gasteiger partial charge < -0.3 is 10.5 Å². The number of rotatable bonds is 4. The van der Waals surface area contributed by atoms with Crippen molar-refractivity contribution in [2.24, 2.45) is 5.73 Å². The third kappa shape index (κ3) is 5.13. The van der Waals surface area contributed by atoms with E-state index in [1.807, 2.05) is 0 Å². The summed E-state index contributed by atoms with van der Waals surface area (Å²) >= 11 is 0. The molecule has 0 saturated carbocycles. The first-order chi connectivity index (χ1) is 9.23. The summed E-state index contributed by atoms with van der Waals surface area (Å²) in [5, 5.41) is 2.39. The summed E-state index contributed by atoms with van der Waals surface area (Å²) in [5.74, 6) is -0.723. The number of anilines is 1. The zero-order valence-corrected chi connectivity index (χ0v) is 11.9. The summed E-state index contributed by atoms with van der Waals surface area (Å²) in [7, 11) is 0. The third-order valence-electron chi connectivity index (χ3n) is 2.40. The van der Waals surface area contributed by atoms with E-state index in [9.17, 15) is 13.6 Å². The Morgan fingerprint density at radius 3 is 2.60 bits per heavy atom. The lowest BCUT2D eigenvalue weighted by Gasteiger charge is -2.19. The molecule has 1 rings (SSSR count). The normalized spacial score (nSPS) is 12.9. The Morgan fingerprint density at radius 1 is 1.45 bits per heavy atom. The maximum absolute atomic E-state index is 13.7. The highest BCUT2D eigenvalue weighted by molar-refractivity contribution is 5.84. The van der Waals surface area contributed by atoms with Crippen LogP contribution in [-0.4, -0.2) is 18.2 Å². The van der Waals surface area contributed by atoms with Crippen LogP contribution in [0.5, 0.6) is 0 Å². The number of amides is 1. The number of benzene rings is 1. The lowest BCUT2D eigenvalue weighted by molar-refractivity contribution is 0.0636. The fourth-order valence-electron chi connectivity index (χ4n) is 1.58. The van der Waals surface area contributed by atoms with Crippen LogP contribution in [0.4, 0.5) is 19.3 Å². The molecule has 0 fully saturated rings. The topological polar surface area (TPSA) is 64.3 Å². The van der Waals surface area contributed by atoms with Gasteiger partial charge in [-0.25, -0.2) is 13.6 Å². The highest BCUT2D eigenvalue weighted by Gasteiger charge is 2.18. The smallest absolute Gasteiger partial charge is 0.412 e. The molecular weight excluding hydrogens is 266 g/mol. The molecule has 0 spiro atoms. The molecule has 4 nitrogen and oxygen atoms in total. The predicted octanol–water partition coefficient (Wildman–Crippen LogP) is 3.53. The fourth-order valence-corrected chi connectivity index (χ4v) is 1.58. The zero-order chi connectivity index (χ0) is 15.3. The number of nitrogens with one attached hydrogen (secondary N) is 1. The molecule has 3 N–H and O–H groups in total. The minimum atomic E-state index is -1.45. The molecule has 20 heavy (non-hydrogen) atoms. The van der Waals surface area contributed by atoms with Gasteiger partial charge in [0.1, 0.15) is 17.6 Å². The first-order valence-electron chi connectivity index (χ1n) is 6.36. The number of alkyl halides is 1. The molecule has 0 aromatic heterocycles. The van der Waals surface area contributed by atoms with Gasteiger partial charge in [0, 0.05) is 11.3 Å². The highest BCUT2D eigenvalue weighted by Crippen LogP contribution is 2.25. The zero-order valence-electron chi connectivity index (χ0n) is 11.9. The Hall–Kier alpha value is -1.69. The van der Waals surface area contributed by atoms with Crippen LogP contribution in [0.15, 0.2) is 18.2 Å². The molecule has 112 valence electrons. The summed E-state index contributed by atoms with van der Waals surface area (Å²) in [6.45, 7) is 5.29. The first kappa shape index (κ1) is 16.4. The number of carbonyl (C=O) groups excluding carboxylic acids is 1. The van der Waals surface area contributed by atoms with Crippen LogP contribution in [0.25, 0.3) is 0 Å². The van der Waals surface area contributed by atoms with Gasteiger partial charge in [-0.3, -0.25) is 5.32 Å². The fraction of sp³-hybridized carbons (Fsp3) is 0.500. The van der Waals surface area contributed by atoms with E-state index >= 15 is 0 Å². The van der Waals surface area contributed by atoms with Gasteiger partial charge in [-0.15, -0.1) is 0 Å². The van der Waals surface area contributed by atoms with Crippen LogP contribution in [0, 0.1) is 5.82 Å². The van der Waals surface area contributed by atoms with Gasteiger partial charge in [0.15, 0.2) is 0 Å². The molecule has 1 aromatic rings. The molecule has 0 aliphatic heterocycles. The van der Waals surface area contributed by atoms with E-state index in [1.165, 1.54) is 12.1 Å². The van der Waals surface area contributed by atoms with Crippen LogP contribution in [-0.2, 0) is 4.74 Å². The molecule has 1 unspecified atom stereocenters. The van der Waals surface area contributed by atoms with Crippen LogP contribution < -0.4 is 11.1 Å². The van der Waals surface area contributed by atoms with E-state index in [0.717, 1.165) is 6.07 Å². The predicted molar refractivity (Wildman–Crippen MR) is 73.8 cm³/mol. The number of ether oxygens (including phenoxy) is 1. The van der Waals surface area contributed by atoms with Crippen molar-refractivity contribution in [1.82, 2.24) is 0 Å². The van der Waals surface area contributed by atoms with Gasteiger partial charge in [-0.05, 0) is 45.9 Å². The van der Waals surface area contributed by atoms with E-state index in [2.05, 4.69) is 5.32 Å². The first-order valence-corrected chi connectivity index (χ1v) is 6.36. The Kier molecular flexibility index (Phi) is 5.44. The molecule has 0 aliphatic rings. The van der Waals surface area contributed by atoms with Crippen molar-refractivity contribution in [2.75, 3.05) is 11.9 Å². The Labute approximate surface area is 117 Å². The molecule has 1 aromatic carbocycles. The Balaban J connectivity index is 2.75. The largest absolute Gasteiger partial charge is 0.444 e. The van der Waals surface area contributed by atoms with Gasteiger partial charge >= 0.3 is 6.09 Å². The number of hydrogen-bond acceptors (Lipinski definition) is 3. The van der Waals surface area contributed by atoms with Gasteiger partial charge in [-0.2, -0.15) is 0 Å². The van der Waals surface area contributed by atoms with Crippen molar-refractivity contribution in [1.29, 1.82) is 0 Å². The molecule has 1 amide bonds. The summed E-state index contributed by atoms with van der Waals surface area (Å²) in [6, 6.07) is 3.77. The lowest BCUT2D eigenvalue weighted by atomic mass is 10.1. The number of nitrogens with two attached hydrogens (primary N) is 1. The summed E-state index contributed by atoms with van der Waals surface area (Å²) in [4.78, 5) is 11.5. The molecule has 0 saturated heterocycles. The second kappa shape index (κ2) is 6.65. The molecule has 0 aliphatic carbocycles. The van der Waals surface area contributed by atoms with Gasteiger partial charge in [0.25, 0.3) is 0 Å². The minimum absolute atomic E-state index is 0.0514. The number of hydrogen-bond donors (Lipinski definition) is 2. The molecule has 0 radical (unpaired) electrons. The second-order valence-corrected chi connectivity index (χ2v) is 5.41. The van der Waals surface area contributed by atoms with E-state index in [0.29, 0.717) is 0 Å². The van der Waals surface area contributed by atoms with Crippen LogP contribution >= 0.6 is 0 Å². The summed E-state index contributed by atoms with van der Waals surface area (Å²) in [6.07, 6.45) is -2.09. The molecule has 1 atom stereocenters. The molecule has 0 bridgehead atoms. The van der Waals surface area contributed by atoms with Crippen LogP contribution in [0.3, 0.4) is 0 Å². The second-order valence-electron chi connectivity index (χ2n) is 5.41. The molecular formula is C14H20F2N2O2. The van der Waals surface area contributed by atoms with E-state index in [1.54, 1.807) is 20.8 Å². The summed E-state index contributed by atoms with van der Waals surface area (Å²) < 4.78 is 32.4. The molecule has 0 heterocycles. The van der Waals surface area contributed by atoms with Crippen LogP contribution in [0.1, 0.15) is 38.9 Å². The van der Waals surface area contributed by atoms with E-state index in [-0.39, 0.29) is 24.2 Å². The number of carbonyl (C=O) groups is 1. The van der Waals surface area contributed by atoms with Crippen molar-refractivity contribution >= 4 is 11.8 Å². The van der Waals surface area contributed by atoms with Crippen LogP contribution in [0.2, 0.25) is 0 Å². The maximum atomic E-state index is 13.7. The van der Waals surface area contributed by atoms with E-state index < -0.39 is 23.7 Å². The summed E-state index contributed by atoms with van der Waals surface area (Å²) in [5.41, 5.74) is 4.73. The number of halogens is 2. The van der Waals surface area contributed by atoms with Crippen molar-refractivity contribution in [3.63, 3.8) is 0 Å². The third-order valence-corrected chi connectivity index (χ3v) is 2.40. The average Bonchev–Trinajstić information content (AvgIpc) is 2.26. The standard InChI is InChI=1S/C14H20F2N2O2/c1-14(2,3)20-13(19)18-9-4-5-10(12(16)8-9)11(15)6-7-17/h4-5,8,11H,6-7,17H2,1-3H3,(H,18,19). The van der Waals surface area contributed by atoms with Crippen molar-refractivity contribution in [2.45, 2.75) is 39.0 Å². The van der Waals surface area contributed by atoms with Gasteiger partial charge in [0.2, 0.25) is 0 Å². The SMILES string of the molecule is CC(C)(C)OC(=O)Nc1ccc(C(F)CCN)c(F)c1. The van der Waals surface area contributed by atoms with Crippen molar-refractivity contribution in [3.8, 4) is 0 Å². The quantitative estimate of drug-likeness (QED) is 0.890. The lowest BCUT2D eigenvalue weighted by Crippen LogP contribution is -2.27. The van der Waals surface area contributed by atoms with Gasteiger partial charge in [0.05, 0.1) is 0 Å². The Bertz CT molecular complexity index is 473. The minimum Gasteiger partial charge on any atom is -0.444 e. The Morgan fingerprint density at radius 2 is 2.10 bits per heavy atom. The van der Waals surface area contributed by atoms with Crippen molar-refractivity contribution < 1.29 is 18.3 Å². The average molecular weight is 286 g/mol. The van der Waals surface area contributed by atoms with Crippen molar-refractivity contribution in [3.05, 3.63) is 29.6 Å². The molecule has 6 heteroatoms. The van der Waals surface area contributed by atoms with E-state index in [4.69, 9.17) is 10.5 Å². The maximum Gasteiger partial charge on any atom is 0.412 e. The van der Waals surface area contributed by atoms with Gasteiger partial charge in [-0.1, -0.05) is 6.07 Å².